The maximum Gasteiger partial charge on any atom is 0.343 e. The zero-order chi connectivity index (χ0) is 14.0. The molecule has 0 bridgehead atoms. The molecule has 0 unspecified atom stereocenters. The highest BCUT2D eigenvalue weighted by molar-refractivity contribution is 7.98. The lowest BCUT2D eigenvalue weighted by molar-refractivity contribution is -0.383. The molecule has 0 fully saturated rings. The Hall–Kier alpha value is -2.29. The van der Waals surface area contributed by atoms with Gasteiger partial charge in [-0.2, -0.15) is 0 Å². The zero-order valence-electron chi connectivity index (χ0n) is 9.99. The molecule has 0 saturated carbocycles. The molecule has 0 atom stereocenters. The van der Waals surface area contributed by atoms with Crippen molar-refractivity contribution in [2.24, 2.45) is 7.05 Å². The quantitative estimate of drug-likeness (QED) is 0.371. The summed E-state index contributed by atoms with van der Waals surface area (Å²) < 4.78 is 1.36. The van der Waals surface area contributed by atoms with Crippen molar-refractivity contribution in [2.45, 2.75) is 10.9 Å². The minimum atomic E-state index is -0.520. The van der Waals surface area contributed by atoms with E-state index in [0.717, 1.165) is 0 Å². The third-order valence-electron chi connectivity index (χ3n) is 2.57. The van der Waals surface area contributed by atoms with E-state index in [1.165, 1.54) is 22.4 Å². The van der Waals surface area contributed by atoms with Gasteiger partial charge in [0.25, 0.3) is 5.69 Å². The molecular formula is C10H11N5O3S. The summed E-state index contributed by atoms with van der Waals surface area (Å²) in [6.07, 6.45) is 0. The van der Waals surface area contributed by atoms with Gasteiger partial charge >= 0.3 is 5.69 Å². The summed E-state index contributed by atoms with van der Waals surface area (Å²) >= 11 is 1.27. The molecule has 0 spiro atoms. The Bertz CT molecular complexity index is 678. The molecule has 0 aliphatic rings. The first kappa shape index (κ1) is 13.1. The Morgan fingerprint density at radius 2 is 2.32 bits per heavy atom. The van der Waals surface area contributed by atoms with E-state index in [1.54, 1.807) is 19.2 Å². The number of aromatic nitrogens is 3. The molecule has 1 heterocycles. The van der Waals surface area contributed by atoms with Gasteiger partial charge in [-0.25, -0.2) is 9.89 Å². The number of hydrogen-bond donors (Lipinski definition) is 2. The van der Waals surface area contributed by atoms with E-state index in [1.807, 2.05) is 0 Å². The lowest BCUT2D eigenvalue weighted by atomic mass is 10.2. The molecule has 0 aliphatic heterocycles. The topological polar surface area (TPSA) is 120 Å². The average Bonchev–Trinajstić information content (AvgIpc) is 2.68. The Balaban J connectivity index is 2.21. The predicted molar refractivity (Wildman–Crippen MR) is 70.9 cm³/mol. The third-order valence-corrected chi connectivity index (χ3v) is 3.64. The van der Waals surface area contributed by atoms with Crippen molar-refractivity contribution in [2.75, 3.05) is 5.73 Å². The molecule has 9 heteroatoms. The molecule has 2 aromatic rings. The van der Waals surface area contributed by atoms with E-state index >= 15 is 0 Å². The van der Waals surface area contributed by atoms with Gasteiger partial charge in [-0.15, -0.1) is 5.10 Å². The van der Waals surface area contributed by atoms with Crippen molar-refractivity contribution in [3.05, 3.63) is 44.4 Å². The number of H-pyrrole nitrogens is 1. The summed E-state index contributed by atoms with van der Waals surface area (Å²) in [6.45, 7) is 0. The molecule has 1 aromatic heterocycles. The number of nitrogens with two attached hydrogens (primary N) is 1. The van der Waals surface area contributed by atoms with Crippen LogP contribution in [0.4, 0.5) is 11.4 Å². The predicted octanol–water partition coefficient (Wildman–Crippen LogP) is 0.891. The van der Waals surface area contributed by atoms with Gasteiger partial charge in [-0.3, -0.25) is 14.7 Å². The lowest BCUT2D eigenvalue weighted by Crippen LogP contribution is -2.12. The number of anilines is 1. The van der Waals surface area contributed by atoms with E-state index in [4.69, 9.17) is 5.73 Å². The average molecular weight is 281 g/mol. The van der Waals surface area contributed by atoms with Crippen LogP contribution in [0, 0.1) is 10.1 Å². The van der Waals surface area contributed by atoms with Gasteiger partial charge in [0.05, 0.1) is 4.92 Å². The molecule has 1 aromatic carbocycles. The number of nitrogens with one attached hydrogen (secondary N) is 1. The molecule has 0 amide bonds. The molecule has 100 valence electrons. The van der Waals surface area contributed by atoms with Crippen molar-refractivity contribution in [1.29, 1.82) is 0 Å². The van der Waals surface area contributed by atoms with Crippen LogP contribution >= 0.6 is 11.8 Å². The normalized spacial score (nSPS) is 10.6. The maximum atomic E-state index is 11.2. The first-order chi connectivity index (χ1) is 9.00. The van der Waals surface area contributed by atoms with Crippen LogP contribution in [0.5, 0.6) is 0 Å². The fourth-order valence-corrected chi connectivity index (χ4v) is 2.41. The molecule has 19 heavy (non-hydrogen) atoms. The first-order valence-corrected chi connectivity index (χ1v) is 6.25. The van der Waals surface area contributed by atoms with Crippen LogP contribution in [-0.4, -0.2) is 19.7 Å². The second kappa shape index (κ2) is 5.14. The van der Waals surface area contributed by atoms with Crippen LogP contribution in [0.1, 0.15) is 5.56 Å². The van der Waals surface area contributed by atoms with E-state index < -0.39 is 4.92 Å². The van der Waals surface area contributed by atoms with Gasteiger partial charge in [0.1, 0.15) is 5.69 Å². The van der Waals surface area contributed by atoms with Gasteiger partial charge in [0.2, 0.25) is 0 Å². The smallest absolute Gasteiger partial charge is 0.343 e. The second-order valence-electron chi connectivity index (χ2n) is 3.77. The van der Waals surface area contributed by atoms with Crippen LogP contribution in [0.25, 0.3) is 0 Å². The largest absolute Gasteiger partial charge is 0.393 e. The molecule has 0 aliphatic carbocycles. The number of nitrogens with zero attached hydrogens (tertiary/aromatic N) is 3. The SMILES string of the molecule is Cn1c(SCc2cccc([N+](=O)[O-])c2N)n[nH]c1=O. The molecule has 3 N–H and O–H groups in total. The number of nitro groups is 1. The van der Waals surface area contributed by atoms with E-state index in [9.17, 15) is 14.9 Å². The molecule has 2 rings (SSSR count). The van der Waals surface area contributed by atoms with Crippen LogP contribution in [0.15, 0.2) is 28.2 Å². The fraction of sp³-hybridized carbons (Fsp3) is 0.200. The number of rotatable bonds is 4. The number of nitro benzene ring substituents is 1. The molecule has 8 nitrogen and oxygen atoms in total. The summed E-state index contributed by atoms with van der Waals surface area (Å²) in [5, 5.41) is 17.4. The summed E-state index contributed by atoms with van der Waals surface area (Å²) in [5.74, 6) is 0.394. The highest BCUT2D eigenvalue weighted by Gasteiger charge is 2.15. The van der Waals surface area contributed by atoms with Crippen LogP contribution < -0.4 is 11.4 Å². The summed E-state index contributed by atoms with van der Waals surface area (Å²) in [7, 11) is 1.59. The standard InChI is InChI=1S/C10H11N5O3S/c1-14-9(16)12-13-10(14)19-5-6-3-2-4-7(8(6)11)15(17)18/h2-4H,5,11H2,1H3,(H,12,16). The highest BCUT2D eigenvalue weighted by atomic mass is 32.2. The van der Waals surface area contributed by atoms with Crippen molar-refractivity contribution >= 4 is 23.1 Å². The Morgan fingerprint density at radius 3 is 2.89 bits per heavy atom. The van der Waals surface area contributed by atoms with Gasteiger partial charge in [-0.1, -0.05) is 23.9 Å². The molecule has 0 radical (unpaired) electrons. The second-order valence-corrected chi connectivity index (χ2v) is 4.71. The Morgan fingerprint density at radius 1 is 1.58 bits per heavy atom. The highest BCUT2D eigenvalue weighted by Crippen LogP contribution is 2.29. The minimum Gasteiger partial charge on any atom is -0.393 e. The maximum absolute atomic E-state index is 11.2. The van der Waals surface area contributed by atoms with E-state index in [2.05, 4.69) is 10.2 Å². The van der Waals surface area contributed by atoms with Gasteiger partial charge in [0, 0.05) is 18.9 Å². The van der Waals surface area contributed by atoms with Crippen LogP contribution in [0.3, 0.4) is 0 Å². The van der Waals surface area contributed by atoms with E-state index in [-0.39, 0.29) is 17.1 Å². The third kappa shape index (κ3) is 2.60. The van der Waals surface area contributed by atoms with E-state index in [0.29, 0.717) is 16.5 Å². The minimum absolute atomic E-state index is 0.117. The van der Waals surface area contributed by atoms with Crippen molar-refractivity contribution in [3.63, 3.8) is 0 Å². The summed E-state index contributed by atoms with van der Waals surface area (Å²) in [6, 6.07) is 4.64. The van der Waals surface area contributed by atoms with Crippen molar-refractivity contribution in [3.8, 4) is 0 Å². The number of para-hydroxylation sites is 1. The molecule has 0 saturated heterocycles. The van der Waals surface area contributed by atoms with Gasteiger partial charge < -0.3 is 5.73 Å². The van der Waals surface area contributed by atoms with Crippen LogP contribution in [-0.2, 0) is 12.8 Å². The van der Waals surface area contributed by atoms with Crippen LogP contribution in [0.2, 0.25) is 0 Å². The number of nitrogen functional groups attached to an aromatic ring is 1. The van der Waals surface area contributed by atoms with Crippen molar-refractivity contribution < 1.29 is 4.92 Å². The Labute approximate surface area is 111 Å². The Kier molecular flexibility index (Phi) is 3.56. The number of aromatic amines is 1. The number of benzene rings is 1. The van der Waals surface area contributed by atoms with Gasteiger partial charge in [0.15, 0.2) is 5.16 Å². The summed E-state index contributed by atoms with van der Waals surface area (Å²) in [5.41, 5.74) is 6.09. The van der Waals surface area contributed by atoms with Crippen molar-refractivity contribution in [1.82, 2.24) is 14.8 Å². The molecular weight excluding hydrogens is 270 g/mol. The first-order valence-electron chi connectivity index (χ1n) is 5.26. The lowest BCUT2D eigenvalue weighted by Gasteiger charge is -2.05. The number of thioether (sulfide) groups is 1. The number of hydrogen-bond acceptors (Lipinski definition) is 6. The zero-order valence-corrected chi connectivity index (χ0v) is 10.8. The fourth-order valence-electron chi connectivity index (χ4n) is 1.49. The van der Waals surface area contributed by atoms with Gasteiger partial charge in [-0.05, 0) is 5.56 Å². The monoisotopic (exact) mass is 281 g/mol. The summed E-state index contributed by atoms with van der Waals surface area (Å²) in [4.78, 5) is 21.4.